The number of aliphatic carboxylic acids is 1. The predicted octanol–water partition coefficient (Wildman–Crippen LogP) is 3.14. The lowest BCUT2D eigenvalue weighted by Crippen LogP contribution is -2.36. The second-order valence-electron chi connectivity index (χ2n) is 5.54. The van der Waals surface area contributed by atoms with E-state index < -0.39 is 27.5 Å². The number of anilines is 1. The van der Waals surface area contributed by atoms with Crippen molar-refractivity contribution >= 4 is 39.0 Å². The van der Waals surface area contributed by atoms with Crippen molar-refractivity contribution in [3.05, 3.63) is 62.7 Å². The molecule has 0 unspecified atom stereocenters. The average Bonchev–Trinajstić information content (AvgIpc) is 2.52. The maximum absolute atomic E-state index is 13.0. The van der Waals surface area contributed by atoms with E-state index in [1.807, 2.05) is 0 Å². The van der Waals surface area contributed by atoms with E-state index in [4.69, 9.17) is 16.7 Å². The van der Waals surface area contributed by atoms with Crippen molar-refractivity contribution in [2.45, 2.75) is 18.7 Å². The van der Waals surface area contributed by atoms with Crippen LogP contribution in [0, 0.1) is 24.0 Å². The number of halogens is 1. The van der Waals surface area contributed by atoms with Crippen LogP contribution in [-0.4, -0.2) is 31.0 Å². The minimum Gasteiger partial charge on any atom is -0.480 e. The van der Waals surface area contributed by atoms with Crippen LogP contribution in [0.2, 0.25) is 5.02 Å². The van der Waals surface area contributed by atoms with Crippen molar-refractivity contribution in [3.8, 4) is 0 Å². The lowest BCUT2D eigenvalue weighted by Gasteiger charge is -2.24. The molecule has 0 aliphatic heterocycles. The molecule has 1 N–H and O–H groups in total. The summed E-state index contributed by atoms with van der Waals surface area (Å²) in [7, 11) is -4.35. The van der Waals surface area contributed by atoms with Crippen molar-refractivity contribution in [3.63, 3.8) is 0 Å². The first-order chi connectivity index (χ1) is 12.0. The zero-order chi connectivity index (χ0) is 19.6. The molecule has 2 rings (SSSR count). The number of carbonyl (C=O) groups is 1. The highest BCUT2D eigenvalue weighted by Gasteiger charge is 2.30. The summed E-state index contributed by atoms with van der Waals surface area (Å²) in [6, 6.07) is 7.76. The van der Waals surface area contributed by atoms with Crippen LogP contribution in [0.25, 0.3) is 0 Å². The summed E-state index contributed by atoms with van der Waals surface area (Å²) in [5, 5.41) is 20.6. The highest BCUT2D eigenvalue weighted by molar-refractivity contribution is 7.92. The fourth-order valence-electron chi connectivity index (χ4n) is 2.39. The zero-order valence-corrected chi connectivity index (χ0v) is 15.4. The van der Waals surface area contributed by atoms with Crippen molar-refractivity contribution in [2.75, 3.05) is 10.8 Å². The van der Waals surface area contributed by atoms with Gasteiger partial charge in [-0.2, -0.15) is 0 Å². The molecule has 8 nitrogen and oxygen atoms in total. The fraction of sp³-hybridized carbons (Fsp3) is 0.188. The van der Waals surface area contributed by atoms with Gasteiger partial charge in [0.1, 0.15) is 6.54 Å². The van der Waals surface area contributed by atoms with E-state index in [2.05, 4.69) is 0 Å². The molecular formula is C16H15ClN2O6S. The monoisotopic (exact) mass is 398 g/mol. The van der Waals surface area contributed by atoms with Crippen molar-refractivity contribution in [1.82, 2.24) is 0 Å². The molecule has 0 atom stereocenters. The van der Waals surface area contributed by atoms with Gasteiger partial charge in [0.15, 0.2) is 0 Å². The van der Waals surface area contributed by atoms with Gasteiger partial charge in [-0.3, -0.25) is 19.2 Å². The van der Waals surface area contributed by atoms with Crippen LogP contribution in [0.15, 0.2) is 41.3 Å². The summed E-state index contributed by atoms with van der Waals surface area (Å²) < 4.78 is 26.7. The quantitative estimate of drug-likeness (QED) is 0.589. The zero-order valence-electron chi connectivity index (χ0n) is 13.8. The molecule has 0 bridgehead atoms. The number of rotatable bonds is 6. The number of nitro groups is 1. The first-order valence-corrected chi connectivity index (χ1v) is 9.11. The lowest BCUT2D eigenvalue weighted by molar-refractivity contribution is -0.385. The van der Waals surface area contributed by atoms with Gasteiger partial charge in [0.2, 0.25) is 0 Å². The van der Waals surface area contributed by atoms with Crippen LogP contribution < -0.4 is 4.31 Å². The second kappa shape index (κ2) is 7.30. The third-order valence-corrected chi connectivity index (χ3v) is 5.66. The Hall–Kier alpha value is -2.65. The number of carboxylic acids is 1. The minimum absolute atomic E-state index is 0.125. The van der Waals surface area contributed by atoms with Crippen LogP contribution in [-0.2, 0) is 14.8 Å². The molecule has 0 radical (unpaired) electrons. The molecule has 0 saturated carbocycles. The minimum atomic E-state index is -4.35. The van der Waals surface area contributed by atoms with E-state index in [0.29, 0.717) is 20.5 Å². The van der Waals surface area contributed by atoms with Gasteiger partial charge in [-0.1, -0.05) is 17.7 Å². The summed E-state index contributed by atoms with van der Waals surface area (Å²) in [6.07, 6.45) is 0. The Balaban J connectivity index is 2.65. The molecule has 2 aromatic rings. The first-order valence-electron chi connectivity index (χ1n) is 7.29. The van der Waals surface area contributed by atoms with Crippen LogP contribution in [0.1, 0.15) is 11.1 Å². The Morgan fingerprint density at radius 1 is 1.19 bits per heavy atom. The summed E-state index contributed by atoms with van der Waals surface area (Å²) in [6.45, 7) is 2.22. The topological polar surface area (TPSA) is 118 Å². The molecule has 10 heteroatoms. The third kappa shape index (κ3) is 3.94. The summed E-state index contributed by atoms with van der Waals surface area (Å²) in [5.41, 5.74) is 0.500. The van der Waals surface area contributed by atoms with Gasteiger partial charge >= 0.3 is 5.97 Å². The standard InChI is InChI=1S/C16H15ClN2O6S/c1-10-3-5-13(8-15(10)19(22)23)26(24,25)18(9-16(20)21)14-6-4-12(17)7-11(14)2/h3-8H,9H2,1-2H3,(H,20,21). The van der Waals surface area contributed by atoms with Crippen LogP contribution >= 0.6 is 11.6 Å². The Morgan fingerprint density at radius 3 is 2.38 bits per heavy atom. The molecule has 0 fully saturated rings. The van der Waals surface area contributed by atoms with E-state index in [1.54, 1.807) is 6.92 Å². The number of aryl methyl sites for hydroxylation is 2. The maximum Gasteiger partial charge on any atom is 0.324 e. The normalized spacial score (nSPS) is 11.2. The van der Waals surface area contributed by atoms with E-state index >= 15 is 0 Å². The van der Waals surface area contributed by atoms with Gasteiger partial charge in [0.25, 0.3) is 15.7 Å². The predicted molar refractivity (Wildman–Crippen MR) is 96.2 cm³/mol. The van der Waals surface area contributed by atoms with Gasteiger partial charge in [0, 0.05) is 16.7 Å². The van der Waals surface area contributed by atoms with Gasteiger partial charge in [-0.15, -0.1) is 0 Å². The fourth-order valence-corrected chi connectivity index (χ4v) is 4.12. The van der Waals surface area contributed by atoms with Crippen LogP contribution in [0.5, 0.6) is 0 Å². The Labute approximate surface area is 154 Å². The summed E-state index contributed by atoms with van der Waals surface area (Å²) >= 11 is 5.87. The molecule has 0 aliphatic carbocycles. The van der Waals surface area contributed by atoms with Crippen molar-refractivity contribution in [1.29, 1.82) is 0 Å². The largest absolute Gasteiger partial charge is 0.480 e. The van der Waals surface area contributed by atoms with Crippen molar-refractivity contribution in [2.24, 2.45) is 0 Å². The van der Waals surface area contributed by atoms with Gasteiger partial charge in [-0.05, 0) is 43.7 Å². The second-order valence-corrected chi connectivity index (χ2v) is 7.84. The number of sulfonamides is 1. The molecule has 0 aliphatic rings. The van der Waals surface area contributed by atoms with E-state index in [-0.39, 0.29) is 16.3 Å². The van der Waals surface area contributed by atoms with Crippen LogP contribution in [0.4, 0.5) is 11.4 Å². The molecule has 0 spiro atoms. The maximum atomic E-state index is 13.0. The summed E-state index contributed by atoms with van der Waals surface area (Å²) in [4.78, 5) is 21.3. The Morgan fingerprint density at radius 2 is 1.85 bits per heavy atom. The number of nitrogens with zero attached hydrogens (tertiary/aromatic N) is 2. The number of nitro benzene ring substituents is 1. The molecule has 0 aromatic heterocycles. The highest BCUT2D eigenvalue weighted by atomic mass is 35.5. The smallest absolute Gasteiger partial charge is 0.324 e. The Bertz CT molecular complexity index is 990. The van der Waals surface area contributed by atoms with Gasteiger partial charge < -0.3 is 5.11 Å². The third-order valence-electron chi connectivity index (χ3n) is 3.67. The van der Waals surface area contributed by atoms with Crippen molar-refractivity contribution < 1.29 is 23.2 Å². The van der Waals surface area contributed by atoms with Crippen LogP contribution in [0.3, 0.4) is 0 Å². The molecule has 0 saturated heterocycles. The van der Waals surface area contributed by atoms with Gasteiger partial charge in [-0.25, -0.2) is 8.42 Å². The van der Waals surface area contributed by atoms with E-state index in [1.165, 1.54) is 37.3 Å². The highest BCUT2D eigenvalue weighted by Crippen LogP contribution is 2.30. The lowest BCUT2D eigenvalue weighted by atomic mass is 10.2. The molecule has 0 heterocycles. The Kier molecular flexibility index (Phi) is 5.53. The average molecular weight is 399 g/mol. The van der Waals surface area contributed by atoms with E-state index in [9.17, 15) is 23.3 Å². The summed E-state index contributed by atoms with van der Waals surface area (Å²) in [5.74, 6) is -1.37. The molecule has 2 aromatic carbocycles. The number of benzene rings is 2. The molecule has 26 heavy (non-hydrogen) atoms. The molecule has 0 amide bonds. The number of hydrogen-bond acceptors (Lipinski definition) is 5. The molecule has 138 valence electrons. The van der Waals surface area contributed by atoms with Gasteiger partial charge in [0.05, 0.1) is 15.5 Å². The molecular weight excluding hydrogens is 384 g/mol. The first kappa shape index (κ1) is 19.7. The van der Waals surface area contributed by atoms with E-state index in [0.717, 1.165) is 6.07 Å². The number of hydrogen-bond donors (Lipinski definition) is 1. The number of carboxylic acid groups (broad SMARTS) is 1. The SMILES string of the molecule is Cc1cc(Cl)ccc1N(CC(=O)O)S(=O)(=O)c1ccc(C)c([N+](=O)[O-])c1.